The molecule has 0 radical (unpaired) electrons. The normalized spacial score (nSPS) is 14.8. The Balaban J connectivity index is 1.85. The van der Waals surface area contributed by atoms with E-state index in [9.17, 15) is 4.79 Å². The van der Waals surface area contributed by atoms with Crippen LogP contribution in [0, 0.1) is 12.8 Å². The summed E-state index contributed by atoms with van der Waals surface area (Å²) in [6.45, 7) is 2.56. The zero-order chi connectivity index (χ0) is 13.9. The van der Waals surface area contributed by atoms with Crippen LogP contribution in [0.3, 0.4) is 0 Å². The third kappa shape index (κ3) is 2.62. The van der Waals surface area contributed by atoms with Crippen LogP contribution in [0.1, 0.15) is 30.6 Å². The van der Waals surface area contributed by atoms with Crippen LogP contribution in [-0.4, -0.2) is 5.91 Å². The molecule has 2 aromatic rings. The van der Waals surface area contributed by atoms with Crippen molar-refractivity contribution < 1.29 is 9.21 Å². The summed E-state index contributed by atoms with van der Waals surface area (Å²) in [5.74, 6) is 1.22. The van der Waals surface area contributed by atoms with Crippen LogP contribution < -0.4 is 4.90 Å². The molecule has 0 N–H and O–H groups in total. The van der Waals surface area contributed by atoms with Gasteiger partial charge in [-0.05, 0) is 44.0 Å². The summed E-state index contributed by atoms with van der Waals surface area (Å²) in [4.78, 5) is 14.5. The van der Waals surface area contributed by atoms with Crippen LogP contribution in [-0.2, 0) is 11.3 Å². The lowest BCUT2D eigenvalue weighted by Crippen LogP contribution is -2.38. The monoisotopic (exact) mass is 269 g/mol. The lowest BCUT2D eigenvalue weighted by atomic mass is 9.84. The molecular weight excluding hydrogens is 250 g/mol. The molecule has 3 heteroatoms. The molecule has 0 atom stereocenters. The smallest absolute Gasteiger partial charge is 0.230 e. The number of carbonyl (C=O) groups excluding carboxylic acids is 1. The van der Waals surface area contributed by atoms with E-state index in [-0.39, 0.29) is 11.8 Å². The molecular formula is C17H19NO2. The molecule has 0 aliphatic heterocycles. The second kappa shape index (κ2) is 5.53. The lowest BCUT2D eigenvalue weighted by Gasteiger charge is -2.31. The van der Waals surface area contributed by atoms with Crippen molar-refractivity contribution in [1.82, 2.24) is 0 Å². The molecule has 3 rings (SSSR count). The van der Waals surface area contributed by atoms with Crippen molar-refractivity contribution in [3.05, 3.63) is 54.0 Å². The molecule has 1 aromatic heterocycles. The second-order valence-electron chi connectivity index (χ2n) is 5.47. The molecule has 0 spiro atoms. The molecule has 0 bridgehead atoms. The van der Waals surface area contributed by atoms with Crippen LogP contribution in [0.5, 0.6) is 0 Å². The summed E-state index contributed by atoms with van der Waals surface area (Å²) < 4.78 is 5.40. The summed E-state index contributed by atoms with van der Waals surface area (Å²) >= 11 is 0. The molecule has 3 nitrogen and oxygen atoms in total. The van der Waals surface area contributed by atoms with Gasteiger partial charge < -0.3 is 9.32 Å². The maximum atomic E-state index is 12.6. The van der Waals surface area contributed by atoms with Gasteiger partial charge in [-0.2, -0.15) is 0 Å². The van der Waals surface area contributed by atoms with Crippen molar-refractivity contribution in [2.24, 2.45) is 5.92 Å². The minimum Gasteiger partial charge on any atom is -0.467 e. The van der Waals surface area contributed by atoms with Crippen molar-refractivity contribution in [2.45, 2.75) is 32.7 Å². The highest BCUT2D eigenvalue weighted by Gasteiger charge is 2.30. The predicted octanol–water partition coefficient (Wildman–Crippen LogP) is 3.92. The largest absolute Gasteiger partial charge is 0.467 e. The van der Waals surface area contributed by atoms with E-state index in [1.54, 1.807) is 6.26 Å². The van der Waals surface area contributed by atoms with Gasteiger partial charge in [0, 0.05) is 11.6 Å². The summed E-state index contributed by atoms with van der Waals surface area (Å²) in [5, 5.41) is 0. The lowest BCUT2D eigenvalue weighted by molar-refractivity contribution is -0.124. The maximum Gasteiger partial charge on any atom is 0.230 e. The molecule has 20 heavy (non-hydrogen) atoms. The average Bonchev–Trinajstić information content (AvgIpc) is 2.88. The topological polar surface area (TPSA) is 33.5 Å². The van der Waals surface area contributed by atoms with Gasteiger partial charge in [-0.25, -0.2) is 0 Å². The number of hydrogen-bond acceptors (Lipinski definition) is 2. The highest BCUT2D eigenvalue weighted by Crippen LogP contribution is 2.31. The first-order valence-corrected chi connectivity index (χ1v) is 7.14. The molecule has 1 heterocycles. The molecule has 0 saturated heterocycles. The quantitative estimate of drug-likeness (QED) is 0.842. The zero-order valence-electron chi connectivity index (χ0n) is 11.7. The van der Waals surface area contributed by atoms with Crippen molar-refractivity contribution in [3.8, 4) is 0 Å². The second-order valence-corrected chi connectivity index (χ2v) is 5.47. The van der Waals surface area contributed by atoms with Crippen LogP contribution in [0.2, 0.25) is 0 Å². The van der Waals surface area contributed by atoms with Gasteiger partial charge in [0.15, 0.2) is 0 Å². The number of aryl methyl sites for hydroxylation is 1. The van der Waals surface area contributed by atoms with Gasteiger partial charge in [0.2, 0.25) is 5.91 Å². The van der Waals surface area contributed by atoms with Gasteiger partial charge >= 0.3 is 0 Å². The number of hydrogen-bond donors (Lipinski definition) is 0. The molecule has 1 aliphatic carbocycles. The average molecular weight is 269 g/mol. The third-order valence-corrected chi connectivity index (χ3v) is 3.96. The number of furan rings is 1. The van der Waals surface area contributed by atoms with E-state index in [0.717, 1.165) is 24.3 Å². The van der Waals surface area contributed by atoms with Crippen LogP contribution in [0.4, 0.5) is 5.69 Å². The first kappa shape index (κ1) is 13.0. The Morgan fingerprint density at radius 2 is 2.00 bits per heavy atom. The summed E-state index contributed by atoms with van der Waals surface area (Å²) in [6.07, 6.45) is 4.84. The fourth-order valence-electron chi connectivity index (χ4n) is 2.46. The van der Waals surface area contributed by atoms with E-state index in [0.29, 0.717) is 6.54 Å². The molecule has 1 aliphatic rings. The standard InChI is InChI=1S/C17H19NO2/c1-13-7-9-15(10-8-13)18(12-16-6-3-11-20-16)17(19)14-4-2-5-14/h3,6-11,14H,2,4-5,12H2,1H3. The number of anilines is 1. The SMILES string of the molecule is Cc1ccc(N(Cc2ccco2)C(=O)C2CCC2)cc1. The minimum atomic E-state index is 0.186. The predicted molar refractivity (Wildman–Crippen MR) is 78.4 cm³/mol. The molecule has 1 saturated carbocycles. The number of nitrogens with zero attached hydrogens (tertiary/aromatic N) is 1. The molecule has 0 unspecified atom stereocenters. The summed E-state index contributed by atoms with van der Waals surface area (Å²) in [6, 6.07) is 11.9. The minimum absolute atomic E-state index is 0.186. The van der Waals surface area contributed by atoms with Gasteiger partial charge in [-0.15, -0.1) is 0 Å². The van der Waals surface area contributed by atoms with Crippen molar-refractivity contribution >= 4 is 11.6 Å². The highest BCUT2D eigenvalue weighted by molar-refractivity contribution is 5.95. The van der Waals surface area contributed by atoms with E-state index in [4.69, 9.17) is 4.42 Å². The summed E-state index contributed by atoms with van der Waals surface area (Å²) in [5.41, 5.74) is 2.15. The van der Waals surface area contributed by atoms with E-state index in [2.05, 4.69) is 6.92 Å². The third-order valence-electron chi connectivity index (χ3n) is 3.96. The molecule has 104 valence electrons. The number of rotatable bonds is 4. The number of amides is 1. The van der Waals surface area contributed by atoms with Gasteiger partial charge in [0.25, 0.3) is 0 Å². The zero-order valence-corrected chi connectivity index (χ0v) is 11.7. The molecule has 1 amide bonds. The fraction of sp³-hybridized carbons (Fsp3) is 0.353. The fourth-order valence-corrected chi connectivity index (χ4v) is 2.46. The molecule has 1 fully saturated rings. The Bertz CT molecular complexity index is 568. The highest BCUT2D eigenvalue weighted by atomic mass is 16.3. The molecule has 1 aromatic carbocycles. The van der Waals surface area contributed by atoms with Crippen LogP contribution in [0.25, 0.3) is 0 Å². The van der Waals surface area contributed by atoms with Gasteiger partial charge in [0.1, 0.15) is 5.76 Å². The van der Waals surface area contributed by atoms with Crippen LogP contribution >= 0.6 is 0 Å². The summed E-state index contributed by atoms with van der Waals surface area (Å²) in [7, 11) is 0. The Morgan fingerprint density at radius 3 is 2.55 bits per heavy atom. The van der Waals surface area contributed by atoms with Crippen molar-refractivity contribution in [1.29, 1.82) is 0 Å². The van der Waals surface area contributed by atoms with E-state index in [1.807, 2.05) is 41.3 Å². The van der Waals surface area contributed by atoms with Crippen molar-refractivity contribution in [2.75, 3.05) is 4.90 Å². The first-order chi connectivity index (χ1) is 9.74. The first-order valence-electron chi connectivity index (χ1n) is 7.14. The van der Waals surface area contributed by atoms with Gasteiger partial charge in [-0.3, -0.25) is 4.79 Å². The van der Waals surface area contributed by atoms with E-state index in [1.165, 1.54) is 12.0 Å². The van der Waals surface area contributed by atoms with Crippen LogP contribution in [0.15, 0.2) is 47.1 Å². The Labute approximate surface area is 119 Å². The van der Waals surface area contributed by atoms with E-state index < -0.39 is 0 Å². The van der Waals surface area contributed by atoms with Gasteiger partial charge in [0.05, 0.1) is 12.8 Å². The van der Waals surface area contributed by atoms with Crippen molar-refractivity contribution in [3.63, 3.8) is 0 Å². The number of carbonyl (C=O) groups is 1. The van der Waals surface area contributed by atoms with Gasteiger partial charge in [-0.1, -0.05) is 24.1 Å². The van der Waals surface area contributed by atoms with E-state index >= 15 is 0 Å². The number of benzene rings is 1. The Hall–Kier alpha value is -2.03. The Kier molecular flexibility index (Phi) is 3.59. The Morgan fingerprint density at radius 1 is 1.25 bits per heavy atom. The maximum absolute atomic E-state index is 12.6.